The molecule has 1 saturated carbocycles. The van der Waals surface area contributed by atoms with Crippen molar-refractivity contribution in [2.45, 2.75) is 34.2 Å². The summed E-state index contributed by atoms with van der Waals surface area (Å²) in [4.78, 5) is 24.5. The van der Waals surface area contributed by atoms with Gasteiger partial charge in [0.2, 0.25) is 5.91 Å². The first-order chi connectivity index (χ1) is 12.8. The second-order valence-electron chi connectivity index (χ2n) is 7.91. The van der Waals surface area contributed by atoms with E-state index in [1.807, 2.05) is 24.3 Å². The summed E-state index contributed by atoms with van der Waals surface area (Å²) in [6.07, 6.45) is 3.66. The Morgan fingerprint density at radius 2 is 1.85 bits per heavy atom. The monoisotopic (exact) mass is 366 g/mol. The quantitative estimate of drug-likeness (QED) is 0.745. The van der Waals surface area contributed by atoms with Crippen LogP contribution in [0.4, 0.5) is 5.69 Å². The van der Waals surface area contributed by atoms with Crippen LogP contribution in [0.3, 0.4) is 0 Å². The number of anilines is 1. The lowest BCUT2D eigenvalue weighted by atomic mass is 10.1. The Morgan fingerprint density at radius 1 is 1.15 bits per heavy atom. The van der Waals surface area contributed by atoms with Gasteiger partial charge in [0.05, 0.1) is 12.2 Å². The molecule has 27 heavy (non-hydrogen) atoms. The third kappa shape index (κ3) is 4.30. The molecule has 0 spiro atoms. The Labute approximate surface area is 159 Å². The molecule has 1 aliphatic rings. The minimum atomic E-state index is -0.290. The van der Waals surface area contributed by atoms with E-state index in [2.05, 4.69) is 44.4 Å². The van der Waals surface area contributed by atoms with E-state index in [-0.39, 0.29) is 28.9 Å². The lowest BCUT2D eigenvalue weighted by Crippen LogP contribution is -2.26. The van der Waals surface area contributed by atoms with Crippen LogP contribution in [0.15, 0.2) is 58.7 Å². The van der Waals surface area contributed by atoms with E-state index in [1.54, 1.807) is 12.1 Å². The van der Waals surface area contributed by atoms with Crippen molar-refractivity contribution in [3.8, 4) is 0 Å². The highest BCUT2D eigenvalue weighted by Crippen LogP contribution is 2.59. The Morgan fingerprint density at radius 3 is 2.44 bits per heavy atom. The van der Waals surface area contributed by atoms with Crippen LogP contribution in [-0.2, 0) is 11.3 Å². The normalized spacial score (nSPS) is 19.9. The third-order valence-corrected chi connectivity index (χ3v) is 5.13. The minimum Gasteiger partial charge on any atom is -0.459 e. The second kappa shape index (κ2) is 7.43. The summed E-state index contributed by atoms with van der Waals surface area (Å²) in [6, 6.07) is 10.7. The van der Waals surface area contributed by atoms with Gasteiger partial charge in [-0.2, -0.15) is 0 Å². The van der Waals surface area contributed by atoms with E-state index in [0.717, 1.165) is 5.56 Å². The Bertz CT molecular complexity index is 844. The number of carbonyl (C=O) groups is 2. The van der Waals surface area contributed by atoms with Crippen LogP contribution in [0.25, 0.3) is 0 Å². The van der Waals surface area contributed by atoms with E-state index in [9.17, 15) is 9.59 Å². The van der Waals surface area contributed by atoms with Gasteiger partial charge in [-0.05, 0) is 55.0 Å². The number of nitrogens with one attached hydrogen (secondary N) is 2. The van der Waals surface area contributed by atoms with Crippen LogP contribution in [0.1, 0.15) is 43.8 Å². The number of allylic oxidation sites excluding steroid dienone is 2. The van der Waals surface area contributed by atoms with E-state index in [4.69, 9.17) is 4.42 Å². The average Bonchev–Trinajstić information content (AvgIpc) is 2.99. The van der Waals surface area contributed by atoms with Gasteiger partial charge in [0.15, 0.2) is 5.76 Å². The van der Waals surface area contributed by atoms with Crippen LogP contribution < -0.4 is 10.6 Å². The van der Waals surface area contributed by atoms with Crippen LogP contribution in [0.2, 0.25) is 0 Å². The highest BCUT2D eigenvalue weighted by Gasteiger charge is 2.60. The molecular formula is C22H26N2O3. The average molecular weight is 366 g/mol. The molecule has 3 rings (SSSR count). The van der Waals surface area contributed by atoms with E-state index >= 15 is 0 Å². The first-order valence-corrected chi connectivity index (χ1v) is 9.15. The van der Waals surface area contributed by atoms with Crippen molar-refractivity contribution in [2.24, 2.45) is 17.3 Å². The highest BCUT2D eigenvalue weighted by molar-refractivity contribution is 6.02. The molecule has 2 unspecified atom stereocenters. The minimum absolute atomic E-state index is 0.0152. The topological polar surface area (TPSA) is 71.3 Å². The largest absolute Gasteiger partial charge is 0.459 e. The molecule has 1 fully saturated rings. The Balaban J connectivity index is 1.52. The maximum atomic E-state index is 12.5. The molecule has 2 N–H and O–H groups in total. The predicted octanol–water partition coefficient (Wildman–Crippen LogP) is 4.39. The molecule has 1 aromatic carbocycles. The molecule has 2 atom stereocenters. The van der Waals surface area contributed by atoms with Crippen LogP contribution in [0.5, 0.6) is 0 Å². The summed E-state index contributed by atoms with van der Waals surface area (Å²) in [7, 11) is 0. The summed E-state index contributed by atoms with van der Waals surface area (Å²) in [5.74, 6) is 0.408. The van der Waals surface area contributed by atoms with Crippen LogP contribution in [-0.4, -0.2) is 11.8 Å². The molecule has 1 aliphatic carbocycles. The van der Waals surface area contributed by atoms with Crippen molar-refractivity contribution in [3.63, 3.8) is 0 Å². The van der Waals surface area contributed by atoms with E-state index in [0.29, 0.717) is 18.2 Å². The molecule has 0 bridgehead atoms. The molecule has 0 saturated heterocycles. The zero-order chi connectivity index (χ0) is 19.6. The predicted molar refractivity (Wildman–Crippen MR) is 105 cm³/mol. The van der Waals surface area contributed by atoms with Gasteiger partial charge < -0.3 is 15.1 Å². The van der Waals surface area contributed by atoms with Gasteiger partial charge in [0.25, 0.3) is 5.91 Å². The zero-order valence-corrected chi connectivity index (χ0v) is 16.2. The van der Waals surface area contributed by atoms with Gasteiger partial charge >= 0.3 is 0 Å². The Hall–Kier alpha value is -2.82. The molecule has 0 aliphatic heterocycles. The van der Waals surface area contributed by atoms with Gasteiger partial charge in [-0.3, -0.25) is 9.59 Å². The highest BCUT2D eigenvalue weighted by atomic mass is 16.3. The molecule has 2 aromatic rings. The number of benzene rings is 1. The summed E-state index contributed by atoms with van der Waals surface area (Å²) < 4.78 is 5.07. The first kappa shape index (κ1) is 19.0. The number of carbonyl (C=O) groups excluding carboxylic acids is 2. The molecule has 0 radical (unpaired) electrons. The number of furan rings is 1. The van der Waals surface area contributed by atoms with Gasteiger partial charge in [-0.15, -0.1) is 0 Å². The molecule has 5 nitrogen and oxygen atoms in total. The van der Waals surface area contributed by atoms with E-state index in [1.165, 1.54) is 11.8 Å². The second-order valence-corrected chi connectivity index (χ2v) is 7.91. The number of hydrogen-bond acceptors (Lipinski definition) is 3. The van der Waals surface area contributed by atoms with Crippen LogP contribution >= 0.6 is 0 Å². The molecular weight excluding hydrogens is 340 g/mol. The van der Waals surface area contributed by atoms with Gasteiger partial charge in [0.1, 0.15) is 0 Å². The summed E-state index contributed by atoms with van der Waals surface area (Å²) in [5, 5.41) is 5.80. The molecule has 2 amide bonds. The SMILES string of the molecule is CC(C)=CC1C(C(=O)NCc2ccc(NC(=O)c3ccco3)cc2)C1(C)C. The van der Waals surface area contributed by atoms with Crippen molar-refractivity contribution < 1.29 is 14.0 Å². The van der Waals surface area contributed by atoms with Gasteiger partial charge in [0, 0.05) is 12.2 Å². The standard InChI is InChI=1S/C22H26N2O3/c1-14(2)12-17-19(22(17,3)4)21(26)23-13-15-7-9-16(10-8-15)24-20(25)18-6-5-11-27-18/h5-12,17,19H,13H2,1-4H3,(H,23,26)(H,24,25). The maximum absolute atomic E-state index is 12.5. The number of hydrogen-bond donors (Lipinski definition) is 2. The van der Waals surface area contributed by atoms with Crippen molar-refractivity contribution in [2.75, 3.05) is 5.32 Å². The summed E-state index contributed by atoms with van der Waals surface area (Å²) >= 11 is 0. The van der Waals surface area contributed by atoms with E-state index < -0.39 is 0 Å². The summed E-state index contributed by atoms with van der Waals surface area (Å²) in [5.41, 5.74) is 2.92. The first-order valence-electron chi connectivity index (χ1n) is 9.15. The van der Waals surface area contributed by atoms with Crippen molar-refractivity contribution in [3.05, 3.63) is 65.6 Å². The van der Waals surface area contributed by atoms with Crippen molar-refractivity contribution in [1.29, 1.82) is 0 Å². The fourth-order valence-electron chi connectivity index (χ4n) is 3.45. The summed E-state index contributed by atoms with van der Waals surface area (Å²) in [6.45, 7) is 8.88. The number of rotatable bonds is 6. The fraction of sp³-hybridized carbons (Fsp3) is 0.364. The molecule has 142 valence electrons. The smallest absolute Gasteiger partial charge is 0.291 e. The zero-order valence-electron chi connectivity index (χ0n) is 16.2. The lowest BCUT2D eigenvalue weighted by molar-refractivity contribution is -0.123. The van der Waals surface area contributed by atoms with Crippen LogP contribution in [0, 0.1) is 17.3 Å². The molecule has 1 heterocycles. The van der Waals surface area contributed by atoms with Gasteiger partial charge in [-0.25, -0.2) is 0 Å². The Kier molecular flexibility index (Phi) is 5.22. The third-order valence-electron chi connectivity index (χ3n) is 5.13. The molecule has 5 heteroatoms. The molecule has 1 aromatic heterocycles. The maximum Gasteiger partial charge on any atom is 0.291 e. The lowest BCUT2D eigenvalue weighted by Gasteiger charge is -2.08. The fourth-order valence-corrected chi connectivity index (χ4v) is 3.45. The van der Waals surface area contributed by atoms with Crippen molar-refractivity contribution in [1.82, 2.24) is 5.32 Å². The van der Waals surface area contributed by atoms with Crippen molar-refractivity contribution >= 4 is 17.5 Å². The number of amides is 2. The van der Waals surface area contributed by atoms with Gasteiger partial charge in [-0.1, -0.05) is 37.6 Å².